The van der Waals surface area contributed by atoms with Crippen molar-refractivity contribution in [2.45, 2.75) is 31.7 Å². The number of aryl methyl sites for hydroxylation is 2. The van der Waals surface area contributed by atoms with Crippen molar-refractivity contribution in [3.05, 3.63) is 39.8 Å². The maximum Gasteiger partial charge on any atom is 0.238 e. The average molecular weight is 311 g/mol. The highest BCUT2D eigenvalue weighted by atomic mass is 32.2. The summed E-state index contributed by atoms with van der Waals surface area (Å²) in [4.78, 5) is 5.75. The second-order valence-electron chi connectivity index (χ2n) is 4.61. The number of sulfonamides is 1. The molecule has 1 aromatic heterocycles. The van der Waals surface area contributed by atoms with Gasteiger partial charge in [0.05, 0.1) is 21.6 Å². The molecular weight excluding hydrogens is 294 g/mol. The summed E-state index contributed by atoms with van der Waals surface area (Å²) in [5.41, 5.74) is 1.68. The number of rotatable bonds is 4. The highest BCUT2D eigenvalue weighted by Crippen LogP contribution is 2.26. The van der Waals surface area contributed by atoms with E-state index in [9.17, 15) is 8.42 Å². The van der Waals surface area contributed by atoms with Crippen LogP contribution in [-0.2, 0) is 10.0 Å². The molecule has 5 nitrogen and oxygen atoms in total. The van der Waals surface area contributed by atoms with Gasteiger partial charge in [0.2, 0.25) is 10.0 Å². The minimum atomic E-state index is -3.68. The molecule has 0 amide bonds. The van der Waals surface area contributed by atoms with E-state index in [1.165, 1.54) is 12.1 Å². The van der Waals surface area contributed by atoms with Crippen LogP contribution >= 0.6 is 11.3 Å². The van der Waals surface area contributed by atoms with Gasteiger partial charge in [-0.05, 0) is 39.0 Å². The van der Waals surface area contributed by atoms with Crippen molar-refractivity contribution in [1.82, 2.24) is 4.98 Å². The molecule has 0 aliphatic rings. The lowest BCUT2D eigenvalue weighted by Gasteiger charge is -2.14. The van der Waals surface area contributed by atoms with E-state index >= 15 is 0 Å². The zero-order valence-electron chi connectivity index (χ0n) is 11.5. The molecule has 2 aromatic rings. The maximum absolute atomic E-state index is 11.3. The van der Waals surface area contributed by atoms with Crippen LogP contribution in [0.2, 0.25) is 0 Å². The number of aromatic nitrogens is 1. The Morgan fingerprint density at radius 2 is 2.05 bits per heavy atom. The molecule has 2 rings (SSSR count). The summed E-state index contributed by atoms with van der Waals surface area (Å²) in [5.74, 6) is 0. The Kier molecular flexibility index (Phi) is 4.12. The van der Waals surface area contributed by atoms with Gasteiger partial charge in [-0.2, -0.15) is 0 Å². The van der Waals surface area contributed by atoms with Gasteiger partial charge < -0.3 is 5.32 Å². The third kappa shape index (κ3) is 3.36. The summed E-state index contributed by atoms with van der Waals surface area (Å²) in [6, 6.07) is 6.47. The van der Waals surface area contributed by atoms with Crippen molar-refractivity contribution >= 4 is 27.0 Å². The Labute approximate surface area is 122 Å². The van der Waals surface area contributed by atoms with Gasteiger partial charge in [-0.25, -0.2) is 18.5 Å². The van der Waals surface area contributed by atoms with Crippen molar-refractivity contribution in [3.63, 3.8) is 0 Å². The van der Waals surface area contributed by atoms with E-state index < -0.39 is 10.0 Å². The molecule has 0 saturated heterocycles. The second-order valence-corrected chi connectivity index (χ2v) is 7.58. The van der Waals surface area contributed by atoms with E-state index in [1.54, 1.807) is 23.5 Å². The van der Waals surface area contributed by atoms with Crippen LogP contribution in [0.1, 0.15) is 28.5 Å². The fraction of sp³-hybridized carbons (Fsp3) is 0.308. The van der Waals surface area contributed by atoms with Gasteiger partial charge in [0.25, 0.3) is 0 Å². The standard InChI is InChI=1S/C13H17N3O2S2/c1-8(13-9(2)19-10(3)16-13)15-11-5-4-6-12(7-11)20(14,17)18/h4-8,15H,1-3H3,(H2,14,17,18). The summed E-state index contributed by atoms with van der Waals surface area (Å²) in [6.45, 7) is 5.99. The smallest absolute Gasteiger partial charge is 0.238 e. The van der Waals surface area contributed by atoms with Gasteiger partial charge in [0.1, 0.15) is 0 Å². The minimum absolute atomic E-state index is 0.00400. The predicted molar refractivity (Wildman–Crippen MR) is 81.4 cm³/mol. The normalized spacial score (nSPS) is 13.2. The van der Waals surface area contributed by atoms with E-state index in [1.807, 2.05) is 20.8 Å². The molecule has 7 heteroatoms. The van der Waals surface area contributed by atoms with Gasteiger partial charge in [-0.1, -0.05) is 6.07 Å². The molecule has 20 heavy (non-hydrogen) atoms. The number of thiazole rings is 1. The third-order valence-corrected chi connectivity index (χ3v) is 4.71. The lowest BCUT2D eigenvalue weighted by molar-refractivity contribution is 0.598. The largest absolute Gasteiger partial charge is 0.377 e. The van der Waals surface area contributed by atoms with Gasteiger partial charge >= 0.3 is 0 Å². The van der Waals surface area contributed by atoms with Gasteiger partial charge in [0.15, 0.2) is 0 Å². The van der Waals surface area contributed by atoms with Crippen LogP contribution in [-0.4, -0.2) is 13.4 Å². The zero-order valence-corrected chi connectivity index (χ0v) is 13.2. The molecule has 108 valence electrons. The first-order valence-corrected chi connectivity index (χ1v) is 8.47. The number of nitrogens with one attached hydrogen (secondary N) is 1. The van der Waals surface area contributed by atoms with Crippen molar-refractivity contribution in [1.29, 1.82) is 0 Å². The molecule has 0 spiro atoms. The van der Waals surface area contributed by atoms with E-state index in [0.717, 1.165) is 15.6 Å². The Morgan fingerprint density at radius 3 is 2.60 bits per heavy atom. The van der Waals surface area contributed by atoms with E-state index in [2.05, 4.69) is 10.3 Å². The lowest BCUT2D eigenvalue weighted by Crippen LogP contribution is -2.13. The fourth-order valence-electron chi connectivity index (χ4n) is 2.03. The first-order valence-electron chi connectivity index (χ1n) is 6.10. The van der Waals surface area contributed by atoms with Gasteiger partial charge in [-0.3, -0.25) is 0 Å². The molecule has 1 aromatic carbocycles. The number of primary sulfonamides is 1. The predicted octanol–water partition coefficient (Wildman–Crippen LogP) is 2.58. The number of nitrogens with zero attached hydrogens (tertiary/aromatic N) is 1. The summed E-state index contributed by atoms with van der Waals surface area (Å²) < 4.78 is 22.7. The van der Waals surface area contributed by atoms with Crippen molar-refractivity contribution in [2.75, 3.05) is 5.32 Å². The molecule has 0 fully saturated rings. The number of hydrogen-bond acceptors (Lipinski definition) is 5. The van der Waals surface area contributed by atoms with Gasteiger partial charge in [0, 0.05) is 10.6 Å². The Balaban J connectivity index is 2.24. The van der Waals surface area contributed by atoms with Gasteiger partial charge in [-0.15, -0.1) is 11.3 Å². The summed E-state index contributed by atoms with van der Waals surface area (Å²) in [6.07, 6.45) is 0. The molecular formula is C13H17N3O2S2. The van der Waals surface area contributed by atoms with Crippen LogP contribution in [0.25, 0.3) is 0 Å². The number of hydrogen-bond donors (Lipinski definition) is 2. The lowest BCUT2D eigenvalue weighted by atomic mass is 10.2. The van der Waals surface area contributed by atoms with Crippen LogP contribution < -0.4 is 10.5 Å². The molecule has 3 N–H and O–H groups in total. The van der Waals surface area contributed by atoms with E-state index in [0.29, 0.717) is 5.69 Å². The van der Waals surface area contributed by atoms with Crippen LogP contribution in [0, 0.1) is 13.8 Å². The highest BCUT2D eigenvalue weighted by Gasteiger charge is 2.14. The fourth-order valence-corrected chi connectivity index (χ4v) is 3.50. The Morgan fingerprint density at radius 1 is 1.35 bits per heavy atom. The molecule has 0 aliphatic heterocycles. The Hall–Kier alpha value is -1.44. The summed E-state index contributed by atoms with van der Waals surface area (Å²) in [7, 11) is -3.68. The molecule has 1 unspecified atom stereocenters. The SMILES string of the molecule is Cc1nc(C(C)Nc2cccc(S(N)(=O)=O)c2)c(C)s1. The van der Waals surface area contributed by atoms with Crippen molar-refractivity contribution < 1.29 is 8.42 Å². The van der Waals surface area contributed by atoms with Crippen LogP contribution in [0.4, 0.5) is 5.69 Å². The molecule has 1 heterocycles. The number of benzene rings is 1. The highest BCUT2D eigenvalue weighted by molar-refractivity contribution is 7.89. The minimum Gasteiger partial charge on any atom is -0.377 e. The topological polar surface area (TPSA) is 85.1 Å². The molecule has 0 radical (unpaired) electrons. The van der Waals surface area contributed by atoms with Crippen molar-refractivity contribution in [3.8, 4) is 0 Å². The molecule has 0 bridgehead atoms. The number of nitrogens with two attached hydrogens (primary N) is 1. The quantitative estimate of drug-likeness (QED) is 0.909. The first kappa shape index (κ1) is 15.0. The van der Waals surface area contributed by atoms with Crippen LogP contribution in [0.5, 0.6) is 0 Å². The third-order valence-electron chi connectivity index (χ3n) is 2.90. The van der Waals surface area contributed by atoms with Crippen LogP contribution in [0.15, 0.2) is 29.2 Å². The number of anilines is 1. The van der Waals surface area contributed by atoms with Crippen molar-refractivity contribution in [2.24, 2.45) is 5.14 Å². The molecule has 0 saturated carbocycles. The first-order chi connectivity index (χ1) is 9.27. The van der Waals surface area contributed by atoms with Crippen LogP contribution in [0.3, 0.4) is 0 Å². The maximum atomic E-state index is 11.3. The summed E-state index contributed by atoms with van der Waals surface area (Å²) >= 11 is 1.65. The zero-order chi connectivity index (χ0) is 14.9. The van der Waals surface area contributed by atoms with E-state index in [-0.39, 0.29) is 10.9 Å². The molecule has 1 atom stereocenters. The second kappa shape index (κ2) is 5.51. The summed E-state index contributed by atoms with van der Waals surface area (Å²) in [5, 5.41) is 9.40. The molecule has 0 aliphatic carbocycles. The van der Waals surface area contributed by atoms with E-state index in [4.69, 9.17) is 5.14 Å². The average Bonchev–Trinajstić information content (AvgIpc) is 2.68. The Bertz CT molecular complexity index is 723. The monoisotopic (exact) mass is 311 g/mol.